The number of hydrogen-bond acceptors (Lipinski definition) is 4. The maximum atomic E-state index is 15.2. The van der Waals surface area contributed by atoms with Crippen molar-refractivity contribution >= 4 is 5.91 Å². The van der Waals surface area contributed by atoms with Crippen LogP contribution in [0.2, 0.25) is 0 Å². The average molecular weight is 624 g/mol. The van der Waals surface area contributed by atoms with Crippen LogP contribution < -0.4 is 5.32 Å². The van der Waals surface area contributed by atoms with Gasteiger partial charge in [-0.05, 0) is 93.8 Å². The first-order chi connectivity index (χ1) is 22.0. The second-order valence-electron chi connectivity index (χ2n) is 13.3. The van der Waals surface area contributed by atoms with E-state index in [9.17, 15) is 9.18 Å². The summed E-state index contributed by atoms with van der Waals surface area (Å²) in [6.45, 7) is 11.5. The van der Waals surface area contributed by atoms with Crippen molar-refractivity contribution in [1.82, 2.24) is 25.0 Å². The van der Waals surface area contributed by atoms with Crippen LogP contribution in [0.5, 0.6) is 0 Å². The van der Waals surface area contributed by atoms with Gasteiger partial charge in [-0.1, -0.05) is 55.5 Å². The molecule has 1 saturated heterocycles. The highest BCUT2D eigenvalue weighted by Crippen LogP contribution is 2.40. The molecule has 0 saturated carbocycles. The predicted octanol–water partition coefficient (Wildman–Crippen LogP) is 7.44. The zero-order valence-corrected chi connectivity index (χ0v) is 27.4. The van der Waals surface area contributed by atoms with Crippen LogP contribution in [0.4, 0.5) is 8.78 Å². The van der Waals surface area contributed by atoms with Gasteiger partial charge < -0.3 is 10.2 Å². The van der Waals surface area contributed by atoms with Gasteiger partial charge in [-0.2, -0.15) is 5.10 Å². The van der Waals surface area contributed by atoms with Crippen molar-refractivity contribution in [3.63, 3.8) is 0 Å². The zero-order chi connectivity index (χ0) is 32.6. The van der Waals surface area contributed by atoms with Gasteiger partial charge in [0.25, 0.3) is 0 Å². The van der Waals surface area contributed by atoms with E-state index in [1.165, 1.54) is 23.3 Å². The van der Waals surface area contributed by atoms with Crippen molar-refractivity contribution in [3.05, 3.63) is 124 Å². The van der Waals surface area contributed by atoms with Gasteiger partial charge in [0.1, 0.15) is 23.3 Å². The summed E-state index contributed by atoms with van der Waals surface area (Å²) in [5.74, 6) is -0.0114. The number of likely N-dealkylation sites (tertiary alicyclic amines) is 1. The van der Waals surface area contributed by atoms with E-state index in [1.54, 1.807) is 0 Å². The SMILES string of the molecule is CCc1ccc(-n2nc(C)nc2C2CCN(C(=O)C3=CC(NC(C)(C)c4ccccc4)CC3c3ccc(F)cc3F)CC2)cc1C. The van der Waals surface area contributed by atoms with Gasteiger partial charge in [-0.3, -0.25) is 4.79 Å². The molecule has 2 heterocycles. The fourth-order valence-corrected chi connectivity index (χ4v) is 7.20. The molecule has 1 aliphatic heterocycles. The average Bonchev–Trinajstić information content (AvgIpc) is 3.64. The van der Waals surface area contributed by atoms with Crippen molar-refractivity contribution in [2.45, 2.75) is 83.7 Å². The molecule has 4 aromatic rings. The van der Waals surface area contributed by atoms with Crippen LogP contribution in [0.1, 0.15) is 85.8 Å². The van der Waals surface area contributed by atoms with Crippen LogP contribution >= 0.6 is 0 Å². The number of halogens is 2. The van der Waals surface area contributed by atoms with Crippen molar-refractivity contribution in [2.75, 3.05) is 13.1 Å². The molecule has 8 heteroatoms. The highest BCUT2D eigenvalue weighted by molar-refractivity contribution is 5.96. The molecule has 1 aromatic heterocycles. The molecule has 3 aromatic carbocycles. The lowest BCUT2D eigenvalue weighted by Gasteiger charge is -2.33. The number of rotatable bonds is 8. The molecule has 0 radical (unpaired) electrons. The lowest BCUT2D eigenvalue weighted by atomic mass is 9.89. The maximum absolute atomic E-state index is 15.2. The molecule has 240 valence electrons. The third-order valence-electron chi connectivity index (χ3n) is 9.71. The number of piperidine rings is 1. The Morgan fingerprint density at radius 1 is 1.00 bits per heavy atom. The molecule has 2 aliphatic rings. The number of aromatic nitrogens is 3. The van der Waals surface area contributed by atoms with E-state index in [-0.39, 0.29) is 23.4 Å². The molecule has 6 rings (SSSR count). The first kappa shape index (κ1) is 31.8. The van der Waals surface area contributed by atoms with Crippen LogP contribution in [-0.2, 0) is 16.8 Å². The molecule has 0 bridgehead atoms. The summed E-state index contributed by atoms with van der Waals surface area (Å²) in [6.07, 6.45) is 4.96. The van der Waals surface area contributed by atoms with E-state index in [0.717, 1.165) is 48.2 Å². The summed E-state index contributed by atoms with van der Waals surface area (Å²) in [7, 11) is 0. The van der Waals surface area contributed by atoms with Gasteiger partial charge in [0.2, 0.25) is 5.91 Å². The Hall–Kier alpha value is -4.17. The number of nitrogens with one attached hydrogen (secondary N) is 1. The lowest BCUT2D eigenvalue weighted by molar-refractivity contribution is -0.128. The van der Waals surface area contributed by atoms with Gasteiger partial charge in [0.05, 0.1) is 5.69 Å². The summed E-state index contributed by atoms with van der Waals surface area (Å²) < 4.78 is 31.0. The lowest BCUT2D eigenvalue weighted by Crippen LogP contribution is -2.42. The third-order valence-corrected chi connectivity index (χ3v) is 9.71. The molecular weight excluding hydrogens is 580 g/mol. The van der Waals surface area contributed by atoms with Gasteiger partial charge in [0.15, 0.2) is 0 Å². The number of carbonyl (C=O) groups excluding carboxylic acids is 1. The summed E-state index contributed by atoms with van der Waals surface area (Å²) >= 11 is 0. The molecule has 0 spiro atoms. The summed E-state index contributed by atoms with van der Waals surface area (Å²) in [5, 5.41) is 8.43. The van der Waals surface area contributed by atoms with Crippen molar-refractivity contribution in [1.29, 1.82) is 0 Å². The Kier molecular flexibility index (Phi) is 8.92. The fraction of sp³-hybridized carbons (Fsp3) is 0.395. The molecule has 2 atom stereocenters. The summed E-state index contributed by atoms with van der Waals surface area (Å²) in [6, 6.07) is 20.1. The van der Waals surface area contributed by atoms with Crippen LogP contribution in [0, 0.1) is 25.5 Å². The van der Waals surface area contributed by atoms with E-state index in [0.29, 0.717) is 30.6 Å². The summed E-state index contributed by atoms with van der Waals surface area (Å²) in [4.78, 5) is 20.9. The molecule has 6 nitrogen and oxygen atoms in total. The first-order valence-electron chi connectivity index (χ1n) is 16.4. The Bertz CT molecular complexity index is 1750. The van der Waals surface area contributed by atoms with E-state index < -0.39 is 17.6 Å². The number of benzene rings is 3. The van der Waals surface area contributed by atoms with Crippen molar-refractivity contribution in [3.8, 4) is 5.69 Å². The van der Waals surface area contributed by atoms with E-state index >= 15 is 4.39 Å². The molecule has 1 N–H and O–H groups in total. The Morgan fingerprint density at radius 2 is 1.74 bits per heavy atom. The molecule has 2 unspecified atom stereocenters. The largest absolute Gasteiger partial charge is 0.339 e. The topological polar surface area (TPSA) is 63.1 Å². The van der Waals surface area contributed by atoms with Crippen LogP contribution in [0.15, 0.2) is 78.4 Å². The molecule has 1 fully saturated rings. The monoisotopic (exact) mass is 623 g/mol. The summed E-state index contributed by atoms with van der Waals surface area (Å²) in [5.41, 5.74) is 5.21. The second-order valence-corrected chi connectivity index (χ2v) is 13.3. The minimum Gasteiger partial charge on any atom is -0.339 e. The first-order valence-corrected chi connectivity index (χ1v) is 16.4. The van der Waals surface area contributed by atoms with Crippen molar-refractivity contribution < 1.29 is 13.6 Å². The predicted molar refractivity (Wildman–Crippen MR) is 177 cm³/mol. The Labute approximate surface area is 270 Å². The second kappa shape index (κ2) is 12.9. The number of hydrogen-bond donors (Lipinski definition) is 1. The van der Waals surface area contributed by atoms with Crippen molar-refractivity contribution in [2.24, 2.45) is 0 Å². The fourth-order valence-electron chi connectivity index (χ4n) is 7.20. The number of nitrogens with zero attached hydrogens (tertiary/aromatic N) is 4. The highest BCUT2D eigenvalue weighted by Gasteiger charge is 2.38. The zero-order valence-electron chi connectivity index (χ0n) is 27.4. The van der Waals surface area contributed by atoms with E-state index in [1.807, 2.05) is 40.8 Å². The molecule has 46 heavy (non-hydrogen) atoms. The normalized spacial score (nSPS) is 19.0. The molecule has 1 aliphatic carbocycles. The van der Waals surface area contributed by atoms with E-state index in [4.69, 9.17) is 10.1 Å². The Morgan fingerprint density at radius 3 is 2.41 bits per heavy atom. The third kappa shape index (κ3) is 6.41. The smallest absolute Gasteiger partial charge is 0.250 e. The molecule has 1 amide bonds. The molecular formula is C38H43F2N5O. The Balaban J connectivity index is 1.22. The van der Waals surface area contributed by atoms with Gasteiger partial charge in [-0.15, -0.1) is 0 Å². The number of aryl methyl sites for hydroxylation is 3. The number of carbonyl (C=O) groups is 1. The van der Waals surface area contributed by atoms with Gasteiger partial charge in [0, 0.05) is 48.1 Å². The van der Waals surface area contributed by atoms with E-state index in [2.05, 4.69) is 63.3 Å². The van der Waals surface area contributed by atoms with Gasteiger partial charge >= 0.3 is 0 Å². The van der Waals surface area contributed by atoms with Crippen LogP contribution in [0.3, 0.4) is 0 Å². The quantitative estimate of drug-likeness (QED) is 0.222. The van der Waals surface area contributed by atoms with Gasteiger partial charge in [-0.25, -0.2) is 18.4 Å². The van der Waals surface area contributed by atoms with Crippen LogP contribution in [-0.4, -0.2) is 44.7 Å². The number of amides is 1. The standard InChI is InChI=1S/C38H43F2N5O/c1-6-26-12-14-31(20-24(26)2)45-36(41-25(3)43-45)27-16-18-44(19-17-27)37(46)34-23-30(42-38(4,5)28-10-8-7-9-11-28)22-33(34)32-15-13-29(39)21-35(32)40/h7-15,20-21,23,27,30,33,42H,6,16-19,22H2,1-5H3. The highest BCUT2D eigenvalue weighted by atomic mass is 19.1. The maximum Gasteiger partial charge on any atom is 0.250 e. The van der Waals surface area contributed by atoms with Crippen LogP contribution in [0.25, 0.3) is 5.69 Å². The minimum absolute atomic E-state index is 0.0857. The minimum atomic E-state index is -0.627.